The lowest BCUT2D eigenvalue weighted by Gasteiger charge is -2.29. The molecule has 0 aromatic rings. The van der Waals surface area contributed by atoms with Crippen LogP contribution in [0.4, 0.5) is 9.59 Å². The third-order valence-electron chi connectivity index (χ3n) is 6.70. The van der Waals surface area contributed by atoms with Gasteiger partial charge < -0.3 is 30.6 Å². The number of azide groups is 1. The summed E-state index contributed by atoms with van der Waals surface area (Å²) in [6.07, 6.45) is 9.97. The summed E-state index contributed by atoms with van der Waals surface area (Å²) in [5, 5.41) is 9.40. The monoisotopic (exact) mass is 554 g/mol. The zero-order valence-electron chi connectivity index (χ0n) is 25.2. The topological polar surface area (TPSA) is 161 Å². The van der Waals surface area contributed by atoms with Crippen molar-refractivity contribution in [1.82, 2.24) is 10.6 Å². The number of nitrogens with two attached hydrogens (primary N) is 1. The van der Waals surface area contributed by atoms with Crippen LogP contribution in [-0.4, -0.2) is 61.8 Å². The molecule has 2 saturated carbocycles. The molecule has 0 aromatic carbocycles. The van der Waals surface area contributed by atoms with Crippen molar-refractivity contribution in [3.05, 3.63) is 10.4 Å². The molecule has 0 spiro atoms. The van der Waals surface area contributed by atoms with Gasteiger partial charge in [0.25, 0.3) is 0 Å². The predicted molar refractivity (Wildman–Crippen MR) is 153 cm³/mol. The minimum absolute atomic E-state index is 0.183. The standard InChI is InChI=1S/C12H22N4O2.C12H24N2O2.C4H8O/c1-12(2,3)18-11(17)15-10-6-4-9(5-7-10)8-14-16-13;1-12(2,3)16-11(15)14-10-6-4-9(8-13)5-7-10;1-2-4-5-3-1/h9-10H,4-8H2,1-3H3,(H,15,17);9-10H,4-8,13H2,1-3H3,(H,14,15);1-4H2. The van der Waals surface area contributed by atoms with Gasteiger partial charge in [-0.1, -0.05) is 5.11 Å². The van der Waals surface area contributed by atoms with Crippen molar-refractivity contribution in [2.75, 3.05) is 26.3 Å². The van der Waals surface area contributed by atoms with Gasteiger partial charge in [0.1, 0.15) is 11.2 Å². The van der Waals surface area contributed by atoms with Crippen LogP contribution in [0.2, 0.25) is 0 Å². The van der Waals surface area contributed by atoms with Crippen LogP contribution in [0.3, 0.4) is 0 Å². The number of amides is 2. The van der Waals surface area contributed by atoms with Crippen LogP contribution < -0.4 is 16.4 Å². The second-order valence-corrected chi connectivity index (χ2v) is 12.7. The molecule has 1 saturated heterocycles. The Bertz CT molecular complexity index is 733. The van der Waals surface area contributed by atoms with Crippen LogP contribution in [0, 0.1) is 11.8 Å². The van der Waals surface area contributed by atoms with Crippen molar-refractivity contribution in [3.63, 3.8) is 0 Å². The molecule has 1 aliphatic heterocycles. The molecule has 11 nitrogen and oxygen atoms in total. The van der Waals surface area contributed by atoms with Gasteiger partial charge in [0.2, 0.25) is 0 Å². The molecule has 39 heavy (non-hydrogen) atoms. The molecular weight excluding hydrogens is 500 g/mol. The minimum atomic E-state index is -0.456. The first-order valence-electron chi connectivity index (χ1n) is 14.6. The molecule has 0 atom stereocenters. The van der Waals surface area contributed by atoms with Gasteiger partial charge in [-0.05, 0) is 130 Å². The summed E-state index contributed by atoms with van der Waals surface area (Å²) in [5.74, 6) is 1.09. The number of ether oxygens (including phenoxy) is 3. The van der Waals surface area contributed by atoms with Gasteiger partial charge in [-0.15, -0.1) is 0 Å². The summed E-state index contributed by atoms with van der Waals surface area (Å²) >= 11 is 0. The van der Waals surface area contributed by atoms with E-state index in [1.165, 1.54) is 12.8 Å². The second-order valence-electron chi connectivity index (χ2n) is 12.7. The van der Waals surface area contributed by atoms with Crippen LogP contribution in [0.1, 0.15) is 106 Å². The lowest BCUT2D eigenvalue weighted by molar-refractivity contribution is 0.0476. The molecule has 0 unspecified atom stereocenters. The number of rotatable bonds is 5. The molecule has 3 rings (SSSR count). The summed E-state index contributed by atoms with van der Waals surface area (Å²) < 4.78 is 15.4. The van der Waals surface area contributed by atoms with E-state index in [9.17, 15) is 9.59 Å². The Hall–Kier alpha value is -2.23. The predicted octanol–water partition coefficient (Wildman–Crippen LogP) is 6.21. The molecule has 1 heterocycles. The Labute approximate surface area is 235 Å². The quantitative estimate of drug-likeness (QED) is 0.208. The Balaban J connectivity index is 0.000000331. The van der Waals surface area contributed by atoms with E-state index < -0.39 is 11.2 Å². The van der Waals surface area contributed by atoms with E-state index in [1.807, 2.05) is 41.5 Å². The van der Waals surface area contributed by atoms with E-state index >= 15 is 0 Å². The Morgan fingerprint density at radius 3 is 1.54 bits per heavy atom. The molecular formula is C28H54N6O5. The van der Waals surface area contributed by atoms with Crippen LogP contribution >= 0.6 is 0 Å². The van der Waals surface area contributed by atoms with Crippen LogP contribution in [0.15, 0.2) is 5.11 Å². The van der Waals surface area contributed by atoms with Gasteiger partial charge in [-0.3, -0.25) is 0 Å². The van der Waals surface area contributed by atoms with E-state index in [1.54, 1.807) is 0 Å². The molecule has 0 aromatic heterocycles. The maximum absolute atomic E-state index is 11.6. The zero-order valence-corrected chi connectivity index (χ0v) is 25.2. The fourth-order valence-electron chi connectivity index (χ4n) is 4.64. The van der Waals surface area contributed by atoms with Crippen molar-refractivity contribution in [3.8, 4) is 0 Å². The molecule has 3 aliphatic rings. The van der Waals surface area contributed by atoms with E-state index in [0.29, 0.717) is 18.4 Å². The highest BCUT2D eigenvalue weighted by Gasteiger charge is 2.25. The largest absolute Gasteiger partial charge is 0.444 e. The van der Waals surface area contributed by atoms with Crippen LogP contribution in [0.5, 0.6) is 0 Å². The van der Waals surface area contributed by atoms with Gasteiger partial charge in [0.05, 0.1) is 0 Å². The summed E-state index contributed by atoms with van der Waals surface area (Å²) in [6, 6.07) is 0.444. The zero-order chi connectivity index (χ0) is 29.3. The molecule has 0 radical (unpaired) electrons. The number of carbonyl (C=O) groups is 2. The normalized spacial score (nSPS) is 24.9. The smallest absolute Gasteiger partial charge is 0.407 e. The Kier molecular flexibility index (Phi) is 16.2. The Morgan fingerprint density at radius 2 is 1.23 bits per heavy atom. The SMILES string of the molecule is C1CCOC1.CC(C)(C)OC(=O)NC1CCC(CN)CC1.CC(C)(C)OC(=O)NC1CCC(CN=[N+]=[N-])CC1. The molecule has 3 fully saturated rings. The maximum atomic E-state index is 11.6. The van der Waals surface area contributed by atoms with Crippen molar-refractivity contribution in [2.45, 2.75) is 129 Å². The lowest BCUT2D eigenvalue weighted by Crippen LogP contribution is -2.41. The summed E-state index contributed by atoms with van der Waals surface area (Å²) in [5.41, 5.74) is 13.0. The number of hydrogen-bond acceptors (Lipinski definition) is 7. The highest BCUT2D eigenvalue weighted by molar-refractivity contribution is 5.68. The highest BCUT2D eigenvalue weighted by atomic mass is 16.6. The van der Waals surface area contributed by atoms with Crippen LogP contribution in [-0.2, 0) is 14.2 Å². The number of alkyl carbamates (subject to hydrolysis) is 2. The highest BCUT2D eigenvalue weighted by Crippen LogP contribution is 2.25. The molecule has 0 bridgehead atoms. The van der Waals surface area contributed by atoms with E-state index in [2.05, 4.69) is 20.7 Å². The summed E-state index contributed by atoms with van der Waals surface area (Å²) in [6.45, 7) is 14.5. The molecule has 2 amide bonds. The van der Waals surface area contributed by atoms with Gasteiger partial charge >= 0.3 is 12.2 Å². The van der Waals surface area contributed by atoms with Gasteiger partial charge in [-0.25, -0.2) is 9.59 Å². The van der Waals surface area contributed by atoms with E-state index in [0.717, 1.165) is 71.1 Å². The number of carbonyl (C=O) groups excluding carboxylic acids is 2. The van der Waals surface area contributed by atoms with Crippen molar-refractivity contribution in [1.29, 1.82) is 0 Å². The second kappa shape index (κ2) is 18.2. The van der Waals surface area contributed by atoms with Gasteiger partial charge in [0.15, 0.2) is 0 Å². The number of nitrogens with one attached hydrogen (secondary N) is 2. The van der Waals surface area contributed by atoms with E-state index in [4.69, 9.17) is 25.5 Å². The molecule has 226 valence electrons. The minimum Gasteiger partial charge on any atom is -0.444 e. The number of nitrogens with zero attached hydrogens (tertiary/aromatic N) is 3. The fraction of sp³-hybridized carbons (Fsp3) is 0.929. The van der Waals surface area contributed by atoms with Gasteiger partial charge in [-0.2, -0.15) is 0 Å². The average Bonchev–Trinajstić information content (AvgIpc) is 3.43. The average molecular weight is 555 g/mol. The summed E-state index contributed by atoms with van der Waals surface area (Å²) in [7, 11) is 0. The van der Waals surface area contributed by atoms with Crippen molar-refractivity contribution in [2.24, 2.45) is 22.7 Å². The maximum Gasteiger partial charge on any atom is 0.407 e. The third kappa shape index (κ3) is 18.6. The number of hydrogen-bond donors (Lipinski definition) is 3. The fourth-order valence-corrected chi connectivity index (χ4v) is 4.64. The third-order valence-corrected chi connectivity index (χ3v) is 6.70. The molecule has 4 N–H and O–H groups in total. The van der Waals surface area contributed by atoms with Crippen molar-refractivity contribution >= 4 is 12.2 Å². The summed E-state index contributed by atoms with van der Waals surface area (Å²) in [4.78, 5) is 25.9. The first kappa shape index (κ1) is 34.8. The van der Waals surface area contributed by atoms with Gasteiger partial charge in [0, 0.05) is 36.8 Å². The van der Waals surface area contributed by atoms with E-state index in [-0.39, 0.29) is 24.3 Å². The molecule has 11 heteroatoms. The molecule has 2 aliphatic carbocycles. The Morgan fingerprint density at radius 1 is 0.821 bits per heavy atom. The van der Waals surface area contributed by atoms with Crippen molar-refractivity contribution < 1.29 is 23.8 Å². The lowest BCUT2D eigenvalue weighted by atomic mass is 9.86. The first-order valence-corrected chi connectivity index (χ1v) is 14.6. The van der Waals surface area contributed by atoms with Crippen LogP contribution in [0.25, 0.3) is 10.4 Å². The first-order chi connectivity index (χ1) is 18.3.